The average Bonchev–Trinajstić information content (AvgIpc) is 3.08. The Labute approximate surface area is 131 Å². The van der Waals surface area contributed by atoms with Crippen LogP contribution in [0.25, 0.3) is 0 Å². The number of nitrogens with two attached hydrogens (primary N) is 1. The maximum atomic E-state index is 12.8. The minimum atomic E-state index is 0.0300. The van der Waals surface area contributed by atoms with Gasteiger partial charge in [0.2, 0.25) is 5.91 Å². The maximum absolute atomic E-state index is 12.8. The fourth-order valence-electron chi connectivity index (χ4n) is 3.66. The molecule has 1 aromatic carbocycles. The van der Waals surface area contributed by atoms with Crippen LogP contribution < -0.4 is 5.73 Å². The third kappa shape index (κ3) is 3.11. The van der Waals surface area contributed by atoms with Crippen LogP contribution in [0.15, 0.2) is 35.2 Å². The van der Waals surface area contributed by atoms with E-state index in [-0.39, 0.29) is 5.25 Å². The zero-order valence-electron chi connectivity index (χ0n) is 12.6. The topological polar surface area (TPSA) is 46.3 Å². The molecule has 0 bridgehead atoms. The average molecular weight is 304 g/mol. The van der Waals surface area contributed by atoms with Gasteiger partial charge in [-0.2, -0.15) is 0 Å². The molecule has 2 aliphatic rings. The number of hydrogen-bond acceptors (Lipinski definition) is 3. The highest BCUT2D eigenvalue weighted by Crippen LogP contribution is 2.38. The summed E-state index contributed by atoms with van der Waals surface area (Å²) in [5.74, 6) is 1.48. The van der Waals surface area contributed by atoms with Crippen molar-refractivity contribution >= 4 is 17.7 Å². The summed E-state index contributed by atoms with van der Waals surface area (Å²) in [6.07, 6.45) is 3.20. The third-order valence-electron chi connectivity index (χ3n) is 4.89. The molecule has 2 N–H and O–H groups in total. The van der Waals surface area contributed by atoms with Crippen molar-refractivity contribution < 1.29 is 4.79 Å². The minimum Gasteiger partial charge on any atom is -0.341 e. The first-order chi connectivity index (χ1) is 10.2. The lowest BCUT2D eigenvalue weighted by molar-refractivity contribution is -0.129. The number of nitrogens with zero attached hydrogens (tertiary/aromatic N) is 1. The van der Waals surface area contributed by atoms with Crippen molar-refractivity contribution in [2.24, 2.45) is 17.6 Å². The quantitative estimate of drug-likeness (QED) is 0.870. The lowest BCUT2D eigenvalue weighted by Crippen LogP contribution is -2.38. The van der Waals surface area contributed by atoms with Crippen LogP contribution in [0.2, 0.25) is 0 Å². The number of thioether (sulfide) groups is 1. The predicted molar refractivity (Wildman–Crippen MR) is 87.1 cm³/mol. The van der Waals surface area contributed by atoms with E-state index in [2.05, 4.69) is 24.0 Å². The van der Waals surface area contributed by atoms with Crippen molar-refractivity contribution in [1.29, 1.82) is 0 Å². The SMILES string of the molecule is CCC(Sc1ccccc1)C(=O)N1CC2CCC(N)C2C1. The van der Waals surface area contributed by atoms with Crippen LogP contribution in [-0.2, 0) is 4.79 Å². The van der Waals surface area contributed by atoms with Crippen LogP contribution in [0.3, 0.4) is 0 Å². The molecule has 4 atom stereocenters. The minimum absolute atomic E-state index is 0.0300. The predicted octanol–water partition coefficient (Wildman–Crippen LogP) is 2.75. The van der Waals surface area contributed by atoms with Crippen LogP contribution in [0.4, 0.5) is 0 Å². The van der Waals surface area contributed by atoms with Gasteiger partial charge >= 0.3 is 0 Å². The molecule has 2 fully saturated rings. The van der Waals surface area contributed by atoms with E-state index in [0.29, 0.717) is 23.8 Å². The van der Waals surface area contributed by atoms with Gasteiger partial charge in [-0.1, -0.05) is 25.1 Å². The molecule has 1 saturated carbocycles. The second kappa shape index (κ2) is 6.41. The number of carbonyl (C=O) groups excluding carboxylic acids is 1. The van der Waals surface area contributed by atoms with Gasteiger partial charge in [0, 0.05) is 24.0 Å². The molecule has 0 aromatic heterocycles. The summed E-state index contributed by atoms with van der Waals surface area (Å²) in [6.45, 7) is 3.89. The number of likely N-dealkylation sites (tertiary alicyclic amines) is 1. The Morgan fingerprint density at radius 1 is 1.33 bits per heavy atom. The third-order valence-corrected chi connectivity index (χ3v) is 6.26. The Hall–Kier alpha value is -1.00. The van der Waals surface area contributed by atoms with Crippen LogP contribution in [0, 0.1) is 11.8 Å². The first-order valence-corrected chi connectivity index (χ1v) is 8.83. The first kappa shape index (κ1) is 14.9. The summed E-state index contributed by atoms with van der Waals surface area (Å²) in [5, 5.41) is 0.0300. The Morgan fingerprint density at radius 2 is 2.10 bits per heavy atom. The highest BCUT2D eigenvalue weighted by atomic mass is 32.2. The van der Waals surface area contributed by atoms with Gasteiger partial charge in [0.25, 0.3) is 0 Å². The molecule has 1 aliphatic carbocycles. The van der Waals surface area contributed by atoms with Crippen molar-refractivity contribution in [3.63, 3.8) is 0 Å². The van der Waals surface area contributed by atoms with Crippen LogP contribution in [0.1, 0.15) is 26.2 Å². The molecule has 1 saturated heterocycles. The smallest absolute Gasteiger partial charge is 0.236 e. The van der Waals surface area contributed by atoms with Gasteiger partial charge in [0.1, 0.15) is 0 Å². The Balaban J connectivity index is 1.63. The van der Waals surface area contributed by atoms with E-state index in [1.54, 1.807) is 11.8 Å². The van der Waals surface area contributed by atoms with Gasteiger partial charge in [-0.25, -0.2) is 0 Å². The first-order valence-electron chi connectivity index (χ1n) is 7.95. The largest absolute Gasteiger partial charge is 0.341 e. The van der Waals surface area contributed by atoms with E-state index in [4.69, 9.17) is 5.73 Å². The summed E-state index contributed by atoms with van der Waals surface area (Å²) in [6, 6.07) is 10.5. The highest BCUT2D eigenvalue weighted by molar-refractivity contribution is 8.00. The molecule has 4 heteroatoms. The lowest BCUT2D eigenvalue weighted by atomic mass is 9.98. The second-order valence-electron chi connectivity index (χ2n) is 6.24. The van der Waals surface area contributed by atoms with Gasteiger partial charge in [-0.05, 0) is 43.2 Å². The van der Waals surface area contributed by atoms with Crippen molar-refractivity contribution in [3.05, 3.63) is 30.3 Å². The van der Waals surface area contributed by atoms with E-state index in [1.807, 2.05) is 18.2 Å². The molecule has 1 aliphatic heterocycles. The molecule has 21 heavy (non-hydrogen) atoms. The fourth-order valence-corrected chi connectivity index (χ4v) is 4.72. The molecule has 0 radical (unpaired) electrons. The number of carbonyl (C=O) groups is 1. The molecule has 1 aromatic rings. The van der Waals surface area contributed by atoms with Crippen LogP contribution >= 0.6 is 11.8 Å². The van der Waals surface area contributed by atoms with Crippen molar-refractivity contribution in [2.45, 2.75) is 42.4 Å². The summed E-state index contributed by atoms with van der Waals surface area (Å²) in [5.41, 5.74) is 6.17. The van der Waals surface area contributed by atoms with Gasteiger partial charge in [-0.15, -0.1) is 11.8 Å². The Morgan fingerprint density at radius 3 is 2.76 bits per heavy atom. The Kier molecular flexibility index (Phi) is 4.55. The van der Waals surface area contributed by atoms with Crippen LogP contribution in [-0.4, -0.2) is 35.2 Å². The zero-order chi connectivity index (χ0) is 14.8. The molecule has 1 amide bonds. The van der Waals surface area contributed by atoms with E-state index in [9.17, 15) is 4.79 Å². The molecule has 3 rings (SSSR count). The lowest BCUT2D eigenvalue weighted by Gasteiger charge is -2.23. The normalized spacial score (nSPS) is 29.4. The van der Waals surface area contributed by atoms with E-state index in [0.717, 1.165) is 25.9 Å². The fraction of sp³-hybridized carbons (Fsp3) is 0.588. The molecular formula is C17H24N2OS. The zero-order valence-corrected chi connectivity index (χ0v) is 13.4. The van der Waals surface area contributed by atoms with E-state index < -0.39 is 0 Å². The van der Waals surface area contributed by atoms with Gasteiger partial charge < -0.3 is 10.6 Å². The molecular weight excluding hydrogens is 280 g/mol. The number of amides is 1. The number of hydrogen-bond donors (Lipinski definition) is 1. The van der Waals surface area contributed by atoms with E-state index in [1.165, 1.54) is 11.3 Å². The second-order valence-corrected chi connectivity index (χ2v) is 7.51. The molecule has 1 heterocycles. The van der Waals surface area contributed by atoms with Crippen molar-refractivity contribution in [1.82, 2.24) is 4.90 Å². The van der Waals surface area contributed by atoms with Crippen molar-refractivity contribution in [2.75, 3.05) is 13.1 Å². The molecule has 0 spiro atoms. The standard InChI is InChI=1S/C17H24N2OS/c1-2-16(21-13-6-4-3-5-7-13)17(20)19-10-12-8-9-15(18)14(12)11-19/h3-7,12,14-16H,2,8-11,18H2,1H3. The summed E-state index contributed by atoms with van der Waals surface area (Å²) < 4.78 is 0. The van der Waals surface area contributed by atoms with Crippen molar-refractivity contribution in [3.8, 4) is 0 Å². The number of fused-ring (bicyclic) bond motifs is 1. The summed E-state index contributed by atoms with van der Waals surface area (Å²) in [4.78, 5) is 16.0. The highest BCUT2D eigenvalue weighted by Gasteiger charge is 2.43. The summed E-state index contributed by atoms with van der Waals surface area (Å²) >= 11 is 1.69. The van der Waals surface area contributed by atoms with Crippen LogP contribution in [0.5, 0.6) is 0 Å². The molecule has 114 valence electrons. The molecule has 4 unspecified atom stereocenters. The van der Waals surface area contributed by atoms with E-state index >= 15 is 0 Å². The number of benzene rings is 1. The summed E-state index contributed by atoms with van der Waals surface area (Å²) in [7, 11) is 0. The van der Waals surface area contributed by atoms with Gasteiger partial charge in [0.15, 0.2) is 0 Å². The van der Waals surface area contributed by atoms with Gasteiger partial charge in [0.05, 0.1) is 5.25 Å². The Bertz CT molecular complexity index is 493. The number of rotatable bonds is 4. The monoisotopic (exact) mass is 304 g/mol. The maximum Gasteiger partial charge on any atom is 0.236 e. The van der Waals surface area contributed by atoms with Gasteiger partial charge in [-0.3, -0.25) is 4.79 Å². The molecule has 3 nitrogen and oxygen atoms in total.